The minimum atomic E-state index is -0.466. The second kappa shape index (κ2) is 7.61. The summed E-state index contributed by atoms with van der Waals surface area (Å²) in [5, 5.41) is 3.27. The molecule has 144 valence electrons. The summed E-state index contributed by atoms with van der Waals surface area (Å²) in [5.41, 5.74) is 1.99. The first-order valence-corrected chi connectivity index (χ1v) is 9.30. The summed E-state index contributed by atoms with van der Waals surface area (Å²) in [6.45, 7) is 2.24. The number of carbonyl (C=O) groups is 3. The Morgan fingerprint density at radius 2 is 1.68 bits per heavy atom. The fraction of sp³-hybridized carbons (Fsp3) is 0.250. The van der Waals surface area contributed by atoms with Gasteiger partial charge in [0.15, 0.2) is 0 Å². The number of amides is 3. The van der Waals surface area contributed by atoms with Crippen LogP contribution in [0.15, 0.2) is 42.5 Å². The van der Waals surface area contributed by atoms with Crippen LogP contribution in [0.4, 0.5) is 11.4 Å². The fourth-order valence-electron chi connectivity index (χ4n) is 3.40. The molecule has 2 aliphatic rings. The Labute approximate surface area is 166 Å². The van der Waals surface area contributed by atoms with Crippen LogP contribution in [0.25, 0.3) is 0 Å². The van der Waals surface area contributed by atoms with Crippen molar-refractivity contribution < 1.29 is 19.1 Å². The standard InChI is InChI=1S/C20H18ClN3O4/c21-13-5-6-17(23-7-9-28-10-8-23)16(11-13)22-18(25)12-24-19(26)14-3-1-2-4-15(14)20(24)27/h1-6,11H,7-10,12H2,(H,22,25). The lowest BCUT2D eigenvalue weighted by Crippen LogP contribution is -2.39. The smallest absolute Gasteiger partial charge is 0.262 e. The Morgan fingerprint density at radius 1 is 1.04 bits per heavy atom. The van der Waals surface area contributed by atoms with Gasteiger partial charge in [-0.25, -0.2) is 0 Å². The van der Waals surface area contributed by atoms with Crippen molar-refractivity contribution in [3.8, 4) is 0 Å². The van der Waals surface area contributed by atoms with E-state index in [1.807, 2.05) is 6.07 Å². The van der Waals surface area contributed by atoms with Crippen molar-refractivity contribution in [2.75, 3.05) is 43.1 Å². The zero-order chi connectivity index (χ0) is 19.7. The van der Waals surface area contributed by atoms with Gasteiger partial charge in [-0.3, -0.25) is 19.3 Å². The van der Waals surface area contributed by atoms with E-state index in [1.165, 1.54) is 0 Å². The van der Waals surface area contributed by atoms with Gasteiger partial charge in [-0.15, -0.1) is 0 Å². The maximum atomic E-state index is 12.6. The molecule has 0 unspecified atom stereocenters. The highest BCUT2D eigenvalue weighted by Crippen LogP contribution is 2.30. The average Bonchev–Trinajstić information content (AvgIpc) is 2.94. The number of hydrogen-bond acceptors (Lipinski definition) is 5. The lowest BCUT2D eigenvalue weighted by Gasteiger charge is -2.30. The first-order valence-electron chi connectivity index (χ1n) is 8.92. The van der Waals surface area contributed by atoms with Crippen LogP contribution >= 0.6 is 11.6 Å². The second-order valence-electron chi connectivity index (χ2n) is 6.55. The summed E-state index contributed by atoms with van der Waals surface area (Å²) in [6.07, 6.45) is 0. The van der Waals surface area contributed by atoms with E-state index >= 15 is 0 Å². The molecule has 2 aromatic rings. The molecular formula is C20H18ClN3O4. The third-order valence-corrected chi connectivity index (χ3v) is 5.00. The van der Waals surface area contributed by atoms with Gasteiger partial charge in [0.25, 0.3) is 11.8 Å². The third kappa shape index (κ3) is 3.46. The van der Waals surface area contributed by atoms with Gasteiger partial charge < -0.3 is 15.0 Å². The van der Waals surface area contributed by atoms with Crippen molar-refractivity contribution in [2.24, 2.45) is 0 Å². The molecule has 2 aromatic carbocycles. The number of imide groups is 1. The van der Waals surface area contributed by atoms with Crippen LogP contribution in [0.5, 0.6) is 0 Å². The second-order valence-corrected chi connectivity index (χ2v) is 6.99. The molecule has 0 saturated carbocycles. The number of benzene rings is 2. The molecule has 8 heteroatoms. The lowest BCUT2D eigenvalue weighted by molar-refractivity contribution is -0.116. The molecule has 0 aromatic heterocycles. The minimum absolute atomic E-state index is 0.317. The number of hydrogen-bond donors (Lipinski definition) is 1. The lowest BCUT2D eigenvalue weighted by atomic mass is 10.1. The zero-order valence-electron chi connectivity index (χ0n) is 15.0. The van der Waals surface area contributed by atoms with Crippen LogP contribution in [0.1, 0.15) is 20.7 Å². The van der Waals surface area contributed by atoms with Gasteiger partial charge in [-0.2, -0.15) is 0 Å². The number of ether oxygens (including phenoxy) is 1. The highest BCUT2D eigenvalue weighted by molar-refractivity contribution is 6.31. The maximum Gasteiger partial charge on any atom is 0.262 e. The molecule has 1 N–H and O–H groups in total. The van der Waals surface area contributed by atoms with Gasteiger partial charge in [0.05, 0.1) is 35.7 Å². The van der Waals surface area contributed by atoms with Gasteiger partial charge in [-0.1, -0.05) is 23.7 Å². The predicted octanol–water partition coefficient (Wildman–Crippen LogP) is 2.41. The predicted molar refractivity (Wildman–Crippen MR) is 105 cm³/mol. The molecular weight excluding hydrogens is 382 g/mol. The number of rotatable bonds is 4. The van der Waals surface area contributed by atoms with Crippen LogP contribution in [0.3, 0.4) is 0 Å². The molecule has 2 heterocycles. The van der Waals surface area contributed by atoms with Gasteiger partial charge in [0, 0.05) is 18.1 Å². The van der Waals surface area contributed by atoms with E-state index in [0.717, 1.165) is 10.6 Å². The number of carbonyl (C=O) groups excluding carboxylic acids is 3. The van der Waals surface area contributed by atoms with E-state index in [4.69, 9.17) is 16.3 Å². The Bertz CT molecular complexity index is 921. The monoisotopic (exact) mass is 399 g/mol. The average molecular weight is 400 g/mol. The van der Waals surface area contributed by atoms with Crippen molar-refractivity contribution in [1.29, 1.82) is 0 Å². The normalized spacial score (nSPS) is 16.3. The SMILES string of the molecule is O=C(CN1C(=O)c2ccccc2C1=O)Nc1cc(Cl)ccc1N1CCOCC1. The highest BCUT2D eigenvalue weighted by atomic mass is 35.5. The molecule has 0 radical (unpaired) electrons. The van der Waals surface area contributed by atoms with Crippen molar-refractivity contribution in [1.82, 2.24) is 4.90 Å². The number of halogens is 1. The molecule has 1 saturated heterocycles. The quantitative estimate of drug-likeness (QED) is 0.799. The number of fused-ring (bicyclic) bond motifs is 1. The molecule has 4 rings (SSSR count). The Balaban J connectivity index is 1.51. The molecule has 0 aliphatic carbocycles. The van der Waals surface area contributed by atoms with Crippen molar-refractivity contribution >= 4 is 40.7 Å². The Kier molecular flexibility index (Phi) is 5.02. The molecule has 1 fully saturated rings. The number of nitrogens with zero attached hydrogens (tertiary/aromatic N) is 2. The summed E-state index contributed by atoms with van der Waals surface area (Å²) >= 11 is 6.10. The van der Waals surface area contributed by atoms with Crippen LogP contribution < -0.4 is 10.2 Å². The Morgan fingerprint density at radius 3 is 2.32 bits per heavy atom. The molecule has 0 atom stereocenters. The van der Waals surface area contributed by atoms with E-state index in [9.17, 15) is 14.4 Å². The van der Waals surface area contributed by atoms with Crippen molar-refractivity contribution in [3.63, 3.8) is 0 Å². The number of morpholine rings is 1. The van der Waals surface area contributed by atoms with E-state index in [2.05, 4.69) is 10.2 Å². The van der Waals surface area contributed by atoms with Crippen molar-refractivity contribution in [2.45, 2.75) is 0 Å². The topological polar surface area (TPSA) is 79.0 Å². The molecule has 2 aliphatic heterocycles. The van der Waals surface area contributed by atoms with Gasteiger partial charge in [0.2, 0.25) is 5.91 Å². The van der Waals surface area contributed by atoms with Gasteiger partial charge in [-0.05, 0) is 30.3 Å². The van der Waals surface area contributed by atoms with Crippen LogP contribution in [-0.2, 0) is 9.53 Å². The Hall–Kier alpha value is -2.90. The van der Waals surface area contributed by atoms with E-state index < -0.39 is 17.7 Å². The molecule has 0 spiro atoms. The first kappa shape index (κ1) is 18.5. The molecule has 7 nitrogen and oxygen atoms in total. The number of anilines is 2. The van der Waals surface area contributed by atoms with Gasteiger partial charge in [0.1, 0.15) is 6.54 Å². The maximum absolute atomic E-state index is 12.6. The third-order valence-electron chi connectivity index (χ3n) is 4.76. The fourth-order valence-corrected chi connectivity index (χ4v) is 3.58. The van der Waals surface area contributed by atoms with E-state index in [1.54, 1.807) is 36.4 Å². The van der Waals surface area contributed by atoms with Crippen LogP contribution in [-0.4, -0.2) is 55.5 Å². The molecule has 28 heavy (non-hydrogen) atoms. The van der Waals surface area contributed by atoms with E-state index in [0.29, 0.717) is 48.1 Å². The molecule has 0 bridgehead atoms. The zero-order valence-corrected chi connectivity index (χ0v) is 15.7. The largest absolute Gasteiger partial charge is 0.378 e. The summed E-state index contributed by atoms with van der Waals surface area (Å²) in [6, 6.07) is 11.8. The molecule has 3 amide bonds. The summed E-state index contributed by atoms with van der Waals surface area (Å²) in [7, 11) is 0. The first-order chi connectivity index (χ1) is 13.5. The number of nitrogens with one attached hydrogen (secondary N) is 1. The van der Waals surface area contributed by atoms with E-state index in [-0.39, 0.29) is 6.54 Å². The van der Waals surface area contributed by atoms with Crippen molar-refractivity contribution in [3.05, 3.63) is 58.6 Å². The van der Waals surface area contributed by atoms with Gasteiger partial charge >= 0.3 is 0 Å². The van der Waals surface area contributed by atoms with Crippen LogP contribution in [0.2, 0.25) is 5.02 Å². The summed E-state index contributed by atoms with van der Waals surface area (Å²) < 4.78 is 5.37. The minimum Gasteiger partial charge on any atom is -0.378 e. The highest BCUT2D eigenvalue weighted by Gasteiger charge is 2.36. The summed E-state index contributed by atoms with van der Waals surface area (Å²) in [5.74, 6) is -1.39. The van der Waals surface area contributed by atoms with Crippen LogP contribution in [0, 0.1) is 0 Å². The summed E-state index contributed by atoms with van der Waals surface area (Å²) in [4.78, 5) is 40.6.